The highest BCUT2D eigenvalue weighted by atomic mass is 32.1. The molecule has 1 aromatic carbocycles. The normalized spacial score (nSPS) is 10.9. The fraction of sp³-hybridized carbons (Fsp3) is 0.143. The minimum Gasteiger partial charge on any atom is -0.453 e. The van der Waals surface area contributed by atoms with Crippen LogP contribution in [0.3, 0.4) is 0 Å². The van der Waals surface area contributed by atoms with Crippen LogP contribution in [0.2, 0.25) is 0 Å². The molecule has 0 aliphatic carbocycles. The first-order valence-electron chi connectivity index (χ1n) is 8.52. The first-order valence-corrected chi connectivity index (χ1v) is 9.40. The SMILES string of the molecule is CCN(Cc1cccs1)C(=O)/C=C/c1ccc(Oc2cccnc2)c(F)c1. The van der Waals surface area contributed by atoms with E-state index in [1.165, 1.54) is 24.4 Å². The van der Waals surface area contributed by atoms with E-state index in [-0.39, 0.29) is 11.7 Å². The van der Waals surface area contributed by atoms with Crippen molar-refractivity contribution in [1.29, 1.82) is 0 Å². The minimum atomic E-state index is -0.501. The van der Waals surface area contributed by atoms with Gasteiger partial charge in [0.15, 0.2) is 11.6 Å². The van der Waals surface area contributed by atoms with Crippen LogP contribution in [0.25, 0.3) is 6.08 Å². The summed E-state index contributed by atoms with van der Waals surface area (Å²) < 4.78 is 19.7. The Hall–Kier alpha value is -2.99. The Morgan fingerprint density at radius 2 is 2.19 bits per heavy atom. The standard InChI is InChI=1S/C21H19FN2O2S/c1-2-24(15-18-6-4-12-27-18)21(25)10-8-16-7-9-20(19(22)13-16)26-17-5-3-11-23-14-17/h3-14H,2,15H2,1H3/b10-8+. The lowest BCUT2D eigenvalue weighted by molar-refractivity contribution is -0.126. The van der Waals surface area contributed by atoms with Crippen LogP contribution in [0.1, 0.15) is 17.4 Å². The van der Waals surface area contributed by atoms with Crippen molar-refractivity contribution in [1.82, 2.24) is 9.88 Å². The number of ether oxygens (including phenoxy) is 1. The molecule has 6 heteroatoms. The van der Waals surface area contributed by atoms with E-state index in [0.717, 1.165) is 4.88 Å². The van der Waals surface area contributed by atoms with Crippen LogP contribution in [0, 0.1) is 5.82 Å². The lowest BCUT2D eigenvalue weighted by Gasteiger charge is -2.18. The molecule has 0 saturated carbocycles. The van der Waals surface area contributed by atoms with Gasteiger partial charge >= 0.3 is 0 Å². The average molecular weight is 382 g/mol. The zero-order valence-electron chi connectivity index (χ0n) is 14.8. The summed E-state index contributed by atoms with van der Waals surface area (Å²) in [6.45, 7) is 3.11. The molecule has 0 N–H and O–H groups in total. The molecule has 0 aliphatic rings. The summed E-state index contributed by atoms with van der Waals surface area (Å²) in [4.78, 5) is 19.2. The molecule has 3 rings (SSSR count). The van der Waals surface area contributed by atoms with Gasteiger partial charge in [-0.05, 0) is 54.3 Å². The lowest BCUT2D eigenvalue weighted by Crippen LogP contribution is -2.28. The van der Waals surface area contributed by atoms with Crippen molar-refractivity contribution in [3.05, 3.63) is 82.6 Å². The summed E-state index contributed by atoms with van der Waals surface area (Å²) in [7, 11) is 0. The Morgan fingerprint density at radius 1 is 1.30 bits per heavy atom. The largest absolute Gasteiger partial charge is 0.453 e. The van der Waals surface area contributed by atoms with E-state index >= 15 is 0 Å². The van der Waals surface area contributed by atoms with E-state index in [1.54, 1.807) is 46.7 Å². The first kappa shape index (κ1) is 18.8. The van der Waals surface area contributed by atoms with E-state index in [0.29, 0.717) is 24.4 Å². The number of benzene rings is 1. The highest BCUT2D eigenvalue weighted by molar-refractivity contribution is 7.09. The van der Waals surface area contributed by atoms with Crippen LogP contribution in [-0.4, -0.2) is 22.3 Å². The summed E-state index contributed by atoms with van der Waals surface area (Å²) in [5.74, 6) is -0.0391. The number of likely N-dealkylation sites (N-methyl/N-ethyl adjacent to an activating group) is 1. The zero-order valence-corrected chi connectivity index (χ0v) is 15.7. The number of rotatable bonds is 7. The molecule has 4 nitrogen and oxygen atoms in total. The third-order valence-corrected chi connectivity index (χ3v) is 4.72. The predicted octanol–water partition coefficient (Wildman–Crippen LogP) is 5.14. The maximum absolute atomic E-state index is 14.3. The molecule has 0 aliphatic heterocycles. The number of aromatic nitrogens is 1. The van der Waals surface area contributed by atoms with Crippen molar-refractivity contribution < 1.29 is 13.9 Å². The molecule has 0 atom stereocenters. The molecular weight excluding hydrogens is 363 g/mol. The van der Waals surface area contributed by atoms with Gasteiger partial charge in [0.05, 0.1) is 12.7 Å². The Bertz CT molecular complexity index is 911. The molecule has 27 heavy (non-hydrogen) atoms. The van der Waals surface area contributed by atoms with Gasteiger partial charge in [0, 0.05) is 23.7 Å². The van der Waals surface area contributed by atoms with E-state index in [9.17, 15) is 9.18 Å². The Labute approximate surface area is 161 Å². The maximum atomic E-state index is 14.3. The third-order valence-electron chi connectivity index (χ3n) is 3.86. The van der Waals surface area contributed by atoms with Gasteiger partial charge in [-0.1, -0.05) is 12.1 Å². The fourth-order valence-corrected chi connectivity index (χ4v) is 3.17. The summed E-state index contributed by atoms with van der Waals surface area (Å²) in [5.41, 5.74) is 0.589. The molecule has 0 bridgehead atoms. The van der Waals surface area contributed by atoms with Gasteiger partial charge in [0.1, 0.15) is 5.75 Å². The lowest BCUT2D eigenvalue weighted by atomic mass is 10.2. The molecule has 1 amide bonds. The number of amides is 1. The van der Waals surface area contributed by atoms with Gasteiger partial charge in [0.25, 0.3) is 0 Å². The molecule has 0 fully saturated rings. The van der Waals surface area contributed by atoms with E-state index < -0.39 is 5.82 Å². The van der Waals surface area contributed by atoms with Crippen LogP contribution in [0.15, 0.2) is 66.3 Å². The molecule has 0 unspecified atom stereocenters. The quantitative estimate of drug-likeness (QED) is 0.532. The Kier molecular flexibility index (Phi) is 6.33. The number of thiophene rings is 1. The summed E-state index contributed by atoms with van der Waals surface area (Å²) in [5, 5.41) is 1.99. The molecule has 138 valence electrons. The highest BCUT2D eigenvalue weighted by Crippen LogP contribution is 2.25. The molecule has 0 radical (unpaired) electrons. The van der Waals surface area contributed by atoms with E-state index in [4.69, 9.17) is 4.74 Å². The Morgan fingerprint density at radius 3 is 2.85 bits per heavy atom. The highest BCUT2D eigenvalue weighted by Gasteiger charge is 2.10. The Balaban J connectivity index is 1.65. The van der Waals surface area contributed by atoms with Crippen molar-refractivity contribution in [2.24, 2.45) is 0 Å². The van der Waals surface area contributed by atoms with Gasteiger partial charge in [-0.25, -0.2) is 4.39 Å². The van der Waals surface area contributed by atoms with Crippen LogP contribution in [-0.2, 0) is 11.3 Å². The zero-order chi connectivity index (χ0) is 19.1. The molecular formula is C21H19FN2O2S. The summed E-state index contributed by atoms with van der Waals surface area (Å²) in [6.07, 6.45) is 6.20. The summed E-state index contributed by atoms with van der Waals surface area (Å²) in [6, 6.07) is 12.0. The first-order chi connectivity index (χ1) is 13.2. The van der Waals surface area contributed by atoms with Gasteiger partial charge in [-0.3, -0.25) is 9.78 Å². The maximum Gasteiger partial charge on any atom is 0.246 e. The van der Waals surface area contributed by atoms with Crippen molar-refractivity contribution in [2.75, 3.05) is 6.54 Å². The topological polar surface area (TPSA) is 42.4 Å². The van der Waals surface area contributed by atoms with Crippen LogP contribution >= 0.6 is 11.3 Å². The average Bonchev–Trinajstić information content (AvgIpc) is 3.20. The second-order valence-electron chi connectivity index (χ2n) is 5.75. The smallest absolute Gasteiger partial charge is 0.246 e. The van der Waals surface area contributed by atoms with Crippen molar-refractivity contribution in [3.63, 3.8) is 0 Å². The number of nitrogens with zero attached hydrogens (tertiary/aromatic N) is 2. The number of halogens is 1. The van der Waals surface area contributed by atoms with Crippen LogP contribution < -0.4 is 4.74 Å². The molecule has 3 aromatic rings. The van der Waals surface area contributed by atoms with E-state index in [2.05, 4.69) is 4.98 Å². The van der Waals surface area contributed by atoms with Gasteiger partial charge in [-0.15, -0.1) is 11.3 Å². The van der Waals surface area contributed by atoms with E-state index in [1.807, 2.05) is 24.4 Å². The molecule has 0 spiro atoms. The van der Waals surface area contributed by atoms with Crippen LogP contribution in [0.4, 0.5) is 4.39 Å². The minimum absolute atomic E-state index is 0.109. The summed E-state index contributed by atoms with van der Waals surface area (Å²) >= 11 is 1.62. The number of pyridine rings is 1. The number of carbonyl (C=O) groups is 1. The van der Waals surface area contributed by atoms with Crippen LogP contribution in [0.5, 0.6) is 11.5 Å². The molecule has 2 heterocycles. The second-order valence-corrected chi connectivity index (χ2v) is 6.78. The fourth-order valence-electron chi connectivity index (χ4n) is 2.45. The monoisotopic (exact) mass is 382 g/mol. The second kappa shape index (κ2) is 9.09. The predicted molar refractivity (Wildman–Crippen MR) is 105 cm³/mol. The molecule has 0 saturated heterocycles. The van der Waals surface area contributed by atoms with Gasteiger partial charge in [-0.2, -0.15) is 0 Å². The van der Waals surface area contributed by atoms with Gasteiger partial charge < -0.3 is 9.64 Å². The molecule has 2 aromatic heterocycles. The van der Waals surface area contributed by atoms with Crippen molar-refractivity contribution in [3.8, 4) is 11.5 Å². The van der Waals surface area contributed by atoms with Gasteiger partial charge in [0.2, 0.25) is 5.91 Å². The number of hydrogen-bond donors (Lipinski definition) is 0. The van der Waals surface area contributed by atoms with Crippen molar-refractivity contribution in [2.45, 2.75) is 13.5 Å². The van der Waals surface area contributed by atoms with Crippen molar-refractivity contribution >= 4 is 23.3 Å². The third kappa shape index (κ3) is 5.24. The number of hydrogen-bond acceptors (Lipinski definition) is 4. The number of carbonyl (C=O) groups excluding carboxylic acids is 1.